The van der Waals surface area contributed by atoms with Crippen LogP contribution in [-0.4, -0.2) is 50.2 Å². The number of hydrogen-bond acceptors (Lipinski definition) is 3. The fourth-order valence-electron chi connectivity index (χ4n) is 1.80. The third-order valence-electron chi connectivity index (χ3n) is 2.82. The standard InChI is InChI=1S/C11H22N2O2/c1-3-10-9-13(6-4-8-15-10)7-5-11(14)12-2/h10H,3-9H2,1-2H3,(H,12,14). The minimum absolute atomic E-state index is 0.119. The SMILES string of the molecule is CCC1CN(CCC(=O)NC)CCCO1. The number of hydrogen-bond donors (Lipinski definition) is 1. The smallest absolute Gasteiger partial charge is 0.221 e. The first kappa shape index (κ1) is 12.5. The third-order valence-corrected chi connectivity index (χ3v) is 2.82. The Bertz CT molecular complexity index is 197. The molecule has 1 amide bonds. The van der Waals surface area contributed by atoms with E-state index in [-0.39, 0.29) is 5.91 Å². The van der Waals surface area contributed by atoms with Crippen molar-refractivity contribution in [3.63, 3.8) is 0 Å². The molecule has 0 aromatic carbocycles. The topological polar surface area (TPSA) is 41.6 Å². The van der Waals surface area contributed by atoms with Crippen LogP contribution < -0.4 is 5.32 Å². The summed E-state index contributed by atoms with van der Waals surface area (Å²) >= 11 is 0. The van der Waals surface area contributed by atoms with Crippen LogP contribution in [0.25, 0.3) is 0 Å². The maximum absolute atomic E-state index is 11.1. The van der Waals surface area contributed by atoms with Gasteiger partial charge in [0.15, 0.2) is 0 Å². The molecule has 1 rings (SSSR count). The Morgan fingerprint density at radius 3 is 3.07 bits per heavy atom. The van der Waals surface area contributed by atoms with Crippen molar-refractivity contribution in [1.29, 1.82) is 0 Å². The Kier molecular flexibility index (Phi) is 5.65. The number of amides is 1. The van der Waals surface area contributed by atoms with Crippen LogP contribution in [0.15, 0.2) is 0 Å². The van der Waals surface area contributed by atoms with Crippen LogP contribution in [-0.2, 0) is 9.53 Å². The van der Waals surface area contributed by atoms with Gasteiger partial charge in [-0.15, -0.1) is 0 Å². The van der Waals surface area contributed by atoms with Gasteiger partial charge in [0.25, 0.3) is 0 Å². The molecule has 0 spiro atoms. The summed E-state index contributed by atoms with van der Waals surface area (Å²) < 4.78 is 5.67. The number of carbonyl (C=O) groups is 1. The Labute approximate surface area is 92.0 Å². The minimum Gasteiger partial charge on any atom is -0.377 e. The van der Waals surface area contributed by atoms with E-state index >= 15 is 0 Å². The summed E-state index contributed by atoms with van der Waals surface area (Å²) in [5.74, 6) is 0.119. The highest BCUT2D eigenvalue weighted by Gasteiger charge is 2.17. The zero-order valence-electron chi connectivity index (χ0n) is 9.79. The number of rotatable bonds is 4. The van der Waals surface area contributed by atoms with Crippen LogP contribution in [0, 0.1) is 0 Å². The molecule has 15 heavy (non-hydrogen) atoms. The Morgan fingerprint density at radius 1 is 1.60 bits per heavy atom. The van der Waals surface area contributed by atoms with Crippen molar-refractivity contribution in [2.45, 2.75) is 32.3 Å². The van der Waals surface area contributed by atoms with E-state index in [1.54, 1.807) is 7.05 Å². The molecule has 1 fully saturated rings. The van der Waals surface area contributed by atoms with E-state index in [9.17, 15) is 4.79 Å². The molecule has 1 unspecified atom stereocenters. The predicted molar refractivity (Wildman–Crippen MR) is 59.8 cm³/mol. The highest BCUT2D eigenvalue weighted by Crippen LogP contribution is 2.08. The number of carbonyl (C=O) groups excluding carboxylic acids is 1. The Morgan fingerprint density at radius 2 is 2.40 bits per heavy atom. The quantitative estimate of drug-likeness (QED) is 0.746. The molecule has 4 heteroatoms. The number of ether oxygens (including phenoxy) is 1. The second-order valence-electron chi connectivity index (χ2n) is 3.98. The molecular formula is C11H22N2O2. The highest BCUT2D eigenvalue weighted by molar-refractivity contribution is 5.75. The largest absolute Gasteiger partial charge is 0.377 e. The molecule has 1 heterocycles. The maximum Gasteiger partial charge on any atom is 0.221 e. The lowest BCUT2D eigenvalue weighted by Crippen LogP contribution is -2.34. The van der Waals surface area contributed by atoms with E-state index in [0.29, 0.717) is 12.5 Å². The van der Waals surface area contributed by atoms with Crippen molar-refractivity contribution in [3.05, 3.63) is 0 Å². The monoisotopic (exact) mass is 214 g/mol. The molecule has 0 bridgehead atoms. The summed E-state index contributed by atoms with van der Waals surface area (Å²) in [6, 6.07) is 0. The van der Waals surface area contributed by atoms with E-state index in [4.69, 9.17) is 4.74 Å². The van der Waals surface area contributed by atoms with Crippen molar-refractivity contribution in [1.82, 2.24) is 10.2 Å². The van der Waals surface area contributed by atoms with Gasteiger partial charge in [0.1, 0.15) is 0 Å². The van der Waals surface area contributed by atoms with Gasteiger partial charge in [-0.2, -0.15) is 0 Å². The van der Waals surface area contributed by atoms with Crippen molar-refractivity contribution >= 4 is 5.91 Å². The van der Waals surface area contributed by atoms with E-state index in [1.165, 1.54) is 0 Å². The van der Waals surface area contributed by atoms with Gasteiger partial charge in [-0.3, -0.25) is 4.79 Å². The van der Waals surface area contributed by atoms with E-state index in [0.717, 1.165) is 39.1 Å². The molecule has 0 aromatic rings. The van der Waals surface area contributed by atoms with E-state index in [1.807, 2.05) is 0 Å². The van der Waals surface area contributed by atoms with Gasteiger partial charge in [0.2, 0.25) is 5.91 Å². The maximum atomic E-state index is 11.1. The van der Waals surface area contributed by atoms with Gasteiger partial charge >= 0.3 is 0 Å². The average molecular weight is 214 g/mol. The molecular weight excluding hydrogens is 192 g/mol. The molecule has 1 aliphatic heterocycles. The summed E-state index contributed by atoms with van der Waals surface area (Å²) in [6.45, 7) is 5.86. The highest BCUT2D eigenvalue weighted by atomic mass is 16.5. The van der Waals surface area contributed by atoms with Gasteiger partial charge in [-0.1, -0.05) is 6.92 Å². The fourth-order valence-corrected chi connectivity index (χ4v) is 1.80. The van der Waals surface area contributed by atoms with Crippen LogP contribution in [0.3, 0.4) is 0 Å². The summed E-state index contributed by atoms with van der Waals surface area (Å²) in [5.41, 5.74) is 0. The van der Waals surface area contributed by atoms with Crippen LogP contribution in [0.2, 0.25) is 0 Å². The predicted octanol–water partition coefficient (Wildman–Crippen LogP) is 0.623. The first-order chi connectivity index (χ1) is 7.26. The van der Waals surface area contributed by atoms with Crippen LogP contribution in [0.1, 0.15) is 26.2 Å². The van der Waals surface area contributed by atoms with Crippen LogP contribution in [0.5, 0.6) is 0 Å². The van der Waals surface area contributed by atoms with Gasteiger partial charge in [0, 0.05) is 39.7 Å². The van der Waals surface area contributed by atoms with E-state index in [2.05, 4.69) is 17.1 Å². The van der Waals surface area contributed by atoms with Crippen molar-refractivity contribution in [2.24, 2.45) is 0 Å². The third kappa shape index (κ3) is 4.62. The molecule has 0 radical (unpaired) electrons. The first-order valence-electron chi connectivity index (χ1n) is 5.80. The molecule has 1 atom stereocenters. The van der Waals surface area contributed by atoms with Gasteiger partial charge < -0.3 is 15.0 Å². The fraction of sp³-hybridized carbons (Fsp3) is 0.909. The molecule has 0 saturated carbocycles. The van der Waals surface area contributed by atoms with Gasteiger partial charge in [0.05, 0.1) is 6.10 Å². The lowest BCUT2D eigenvalue weighted by molar-refractivity contribution is -0.121. The molecule has 1 N–H and O–H groups in total. The van der Waals surface area contributed by atoms with E-state index < -0.39 is 0 Å². The minimum atomic E-state index is 0.119. The Hall–Kier alpha value is -0.610. The lowest BCUT2D eigenvalue weighted by Gasteiger charge is -2.22. The first-order valence-corrected chi connectivity index (χ1v) is 5.80. The zero-order chi connectivity index (χ0) is 11.1. The summed E-state index contributed by atoms with van der Waals surface area (Å²) in [6.07, 6.45) is 3.06. The normalized spacial score (nSPS) is 23.5. The van der Waals surface area contributed by atoms with Crippen molar-refractivity contribution in [3.8, 4) is 0 Å². The molecule has 1 aliphatic rings. The van der Waals surface area contributed by atoms with Crippen molar-refractivity contribution in [2.75, 3.05) is 33.3 Å². The summed E-state index contributed by atoms with van der Waals surface area (Å²) in [7, 11) is 1.68. The van der Waals surface area contributed by atoms with Gasteiger partial charge in [-0.05, 0) is 12.8 Å². The number of nitrogens with one attached hydrogen (secondary N) is 1. The molecule has 4 nitrogen and oxygen atoms in total. The van der Waals surface area contributed by atoms with Gasteiger partial charge in [-0.25, -0.2) is 0 Å². The van der Waals surface area contributed by atoms with Crippen LogP contribution >= 0.6 is 0 Å². The van der Waals surface area contributed by atoms with Crippen molar-refractivity contribution < 1.29 is 9.53 Å². The Balaban J connectivity index is 2.29. The molecule has 1 saturated heterocycles. The molecule has 88 valence electrons. The lowest BCUT2D eigenvalue weighted by atomic mass is 10.2. The summed E-state index contributed by atoms with van der Waals surface area (Å²) in [4.78, 5) is 13.5. The molecule has 0 aromatic heterocycles. The molecule has 0 aliphatic carbocycles. The number of nitrogens with zero attached hydrogens (tertiary/aromatic N) is 1. The average Bonchev–Trinajstić information content (AvgIpc) is 2.50. The zero-order valence-corrected chi connectivity index (χ0v) is 9.79. The second-order valence-corrected chi connectivity index (χ2v) is 3.98. The summed E-state index contributed by atoms with van der Waals surface area (Å²) in [5, 5.41) is 2.65. The second kappa shape index (κ2) is 6.80. The van der Waals surface area contributed by atoms with Crippen LogP contribution in [0.4, 0.5) is 0 Å².